The minimum absolute atomic E-state index is 0.162. The second-order valence-electron chi connectivity index (χ2n) is 10.9. The van der Waals surface area contributed by atoms with Crippen LogP contribution in [0.1, 0.15) is 44.1 Å². The molecular formula is C28H32F2N6O6S. The van der Waals surface area contributed by atoms with E-state index in [-0.39, 0.29) is 31.8 Å². The van der Waals surface area contributed by atoms with Crippen LogP contribution in [0, 0.1) is 11.6 Å². The van der Waals surface area contributed by atoms with Gasteiger partial charge in [-0.25, -0.2) is 28.2 Å². The van der Waals surface area contributed by atoms with Gasteiger partial charge in [-0.3, -0.25) is 14.2 Å². The van der Waals surface area contributed by atoms with Gasteiger partial charge in [-0.05, 0) is 52.2 Å². The van der Waals surface area contributed by atoms with E-state index < -0.39 is 40.5 Å². The van der Waals surface area contributed by atoms with E-state index >= 15 is 0 Å². The van der Waals surface area contributed by atoms with Gasteiger partial charge >= 0.3 is 12.1 Å². The van der Waals surface area contributed by atoms with E-state index in [1.807, 2.05) is 0 Å². The summed E-state index contributed by atoms with van der Waals surface area (Å²) in [5.74, 6) is -2.35. The summed E-state index contributed by atoms with van der Waals surface area (Å²) in [6.45, 7) is 4.38. The van der Waals surface area contributed by atoms with Gasteiger partial charge in [-0.2, -0.15) is 5.10 Å². The average Bonchev–Trinajstić information content (AvgIpc) is 3.58. The molecular weight excluding hydrogens is 586 g/mol. The largest absolute Gasteiger partial charge is 0.464 e. The number of aryl methyl sites for hydroxylation is 1. The van der Waals surface area contributed by atoms with E-state index in [0.29, 0.717) is 35.5 Å². The molecule has 12 nitrogen and oxygen atoms in total. The molecule has 3 heterocycles. The van der Waals surface area contributed by atoms with Gasteiger partial charge in [0.15, 0.2) is 0 Å². The molecule has 0 aliphatic heterocycles. The van der Waals surface area contributed by atoms with Crippen LogP contribution in [0.25, 0.3) is 10.2 Å². The Morgan fingerprint density at radius 3 is 2.60 bits per heavy atom. The third-order valence-corrected chi connectivity index (χ3v) is 7.28. The number of carbonyl (C=O) groups is 2. The predicted octanol–water partition coefficient (Wildman–Crippen LogP) is 3.31. The topological polar surface area (TPSA) is 150 Å². The summed E-state index contributed by atoms with van der Waals surface area (Å²) >= 11 is 1.34. The van der Waals surface area contributed by atoms with E-state index in [1.54, 1.807) is 26.8 Å². The number of benzene rings is 1. The molecule has 0 aliphatic carbocycles. The number of nitrogens with one attached hydrogen (secondary N) is 1. The SMILES string of the molecule is CC(C)(C)OC(=O)NCC(=O)OCCCCc1cc2c(=O)n(CC(O)(Cn3cncn3)c3ccc(F)cc3F)cnc2s1. The molecule has 0 aliphatic rings. The van der Waals surface area contributed by atoms with E-state index in [4.69, 9.17) is 9.47 Å². The van der Waals surface area contributed by atoms with E-state index in [0.717, 1.165) is 17.0 Å². The minimum Gasteiger partial charge on any atom is -0.464 e. The third-order valence-electron chi connectivity index (χ3n) is 6.18. The molecule has 0 spiro atoms. The van der Waals surface area contributed by atoms with Gasteiger partial charge in [0.2, 0.25) is 0 Å². The lowest BCUT2D eigenvalue weighted by molar-refractivity contribution is -0.142. The van der Waals surface area contributed by atoms with Crippen molar-refractivity contribution >= 4 is 33.6 Å². The highest BCUT2D eigenvalue weighted by atomic mass is 32.1. The molecule has 3 aromatic heterocycles. The van der Waals surface area contributed by atoms with Crippen LogP contribution in [0.2, 0.25) is 0 Å². The highest BCUT2D eigenvalue weighted by molar-refractivity contribution is 7.18. The van der Waals surface area contributed by atoms with Crippen LogP contribution in [0.3, 0.4) is 0 Å². The number of fused-ring (bicyclic) bond motifs is 1. The first-order valence-corrected chi connectivity index (χ1v) is 14.3. The molecule has 0 saturated heterocycles. The van der Waals surface area contributed by atoms with E-state index in [9.17, 15) is 28.3 Å². The van der Waals surface area contributed by atoms with Crippen molar-refractivity contribution in [1.82, 2.24) is 29.6 Å². The number of aromatic nitrogens is 5. The zero-order chi connectivity index (χ0) is 31.2. The number of hydrogen-bond donors (Lipinski definition) is 2. The highest BCUT2D eigenvalue weighted by Crippen LogP contribution is 2.29. The molecule has 0 radical (unpaired) electrons. The molecule has 1 atom stereocenters. The number of rotatable bonds is 12. The molecule has 1 amide bonds. The Morgan fingerprint density at radius 2 is 1.91 bits per heavy atom. The normalized spacial score (nSPS) is 13.1. The summed E-state index contributed by atoms with van der Waals surface area (Å²) in [6, 6.07) is 4.55. The molecule has 0 fully saturated rings. The first-order valence-electron chi connectivity index (χ1n) is 13.4. The number of amides is 1. The van der Waals surface area contributed by atoms with Gasteiger partial charge < -0.3 is 19.9 Å². The Labute approximate surface area is 249 Å². The van der Waals surface area contributed by atoms with Crippen LogP contribution < -0.4 is 10.9 Å². The number of carbonyl (C=O) groups excluding carboxylic acids is 2. The maximum atomic E-state index is 14.8. The molecule has 4 rings (SSSR count). The van der Waals surface area contributed by atoms with Crippen LogP contribution in [-0.4, -0.2) is 60.2 Å². The maximum absolute atomic E-state index is 14.8. The van der Waals surface area contributed by atoms with Crippen molar-refractivity contribution < 1.29 is 33.0 Å². The van der Waals surface area contributed by atoms with Crippen molar-refractivity contribution in [1.29, 1.82) is 0 Å². The lowest BCUT2D eigenvalue weighted by Gasteiger charge is -2.29. The standard InChI is InChI=1S/C28H32F2N6O6S/c1-27(2,3)42-26(39)32-12-23(37)41-9-5-4-6-19-11-20-24(43-19)33-17-35(25(20)38)13-28(40,14-36-16-31-15-34-36)21-8-7-18(29)10-22(21)30/h7-8,10-11,15-17,40H,4-6,9,12-14H2,1-3H3,(H,32,39). The molecule has 0 saturated carbocycles. The first kappa shape index (κ1) is 31.7. The van der Waals surface area contributed by atoms with Gasteiger partial charge in [0.25, 0.3) is 5.56 Å². The average molecular weight is 619 g/mol. The van der Waals surface area contributed by atoms with Crippen LogP contribution in [0.15, 0.2) is 48.0 Å². The summed E-state index contributed by atoms with van der Waals surface area (Å²) in [6.07, 6.45) is 4.99. The minimum atomic E-state index is -1.98. The first-order chi connectivity index (χ1) is 20.3. The van der Waals surface area contributed by atoms with Gasteiger partial charge in [-0.15, -0.1) is 11.3 Å². The summed E-state index contributed by atoms with van der Waals surface area (Å²) in [4.78, 5) is 46.4. The predicted molar refractivity (Wildman–Crippen MR) is 152 cm³/mol. The monoisotopic (exact) mass is 618 g/mol. The molecule has 43 heavy (non-hydrogen) atoms. The summed E-state index contributed by atoms with van der Waals surface area (Å²) in [7, 11) is 0. The molecule has 4 aromatic rings. The fraction of sp³-hybridized carbons (Fsp3) is 0.429. The highest BCUT2D eigenvalue weighted by Gasteiger charge is 2.35. The molecule has 2 N–H and O–H groups in total. The van der Waals surface area contributed by atoms with Crippen molar-refractivity contribution in [3.05, 3.63) is 75.7 Å². The fourth-order valence-electron chi connectivity index (χ4n) is 4.29. The van der Waals surface area contributed by atoms with Crippen LogP contribution >= 0.6 is 11.3 Å². The number of hydrogen-bond acceptors (Lipinski definition) is 10. The number of nitrogens with zero attached hydrogens (tertiary/aromatic N) is 5. The van der Waals surface area contributed by atoms with Crippen LogP contribution in [-0.2, 0) is 39.4 Å². The van der Waals surface area contributed by atoms with Crippen LogP contribution in [0.5, 0.6) is 0 Å². The summed E-state index contributed by atoms with van der Waals surface area (Å²) in [5, 5.41) is 18.2. The van der Waals surface area contributed by atoms with Crippen molar-refractivity contribution in [3.8, 4) is 0 Å². The van der Waals surface area contributed by atoms with Crippen molar-refractivity contribution in [2.24, 2.45) is 0 Å². The molecule has 1 aromatic carbocycles. The second-order valence-corrected chi connectivity index (χ2v) is 12.0. The third kappa shape index (κ3) is 8.64. The molecule has 0 bridgehead atoms. The number of halogens is 2. The van der Waals surface area contributed by atoms with Crippen molar-refractivity contribution in [2.45, 2.75) is 64.3 Å². The number of aliphatic hydroxyl groups is 1. The fourth-order valence-corrected chi connectivity index (χ4v) is 5.32. The molecule has 230 valence electrons. The summed E-state index contributed by atoms with van der Waals surface area (Å²) in [5.41, 5.74) is -3.29. The number of alkyl carbamates (subject to hydrolysis) is 1. The lowest BCUT2D eigenvalue weighted by Crippen LogP contribution is -2.40. The van der Waals surface area contributed by atoms with Gasteiger partial charge in [0.1, 0.15) is 46.9 Å². The summed E-state index contributed by atoms with van der Waals surface area (Å²) < 4.78 is 41.0. The van der Waals surface area contributed by atoms with Gasteiger partial charge in [-0.1, -0.05) is 6.07 Å². The number of esters is 1. The second kappa shape index (κ2) is 13.4. The number of unbranched alkanes of at least 4 members (excludes halogenated alkanes) is 1. The van der Waals surface area contributed by atoms with Gasteiger partial charge in [0, 0.05) is 16.5 Å². The Hall–Kier alpha value is -4.24. The Balaban J connectivity index is 1.37. The molecule has 15 heteroatoms. The Bertz CT molecular complexity index is 1630. The zero-order valence-corrected chi connectivity index (χ0v) is 24.7. The molecule has 1 unspecified atom stereocenters. The lowest BCUT2D eigenvalue weighted by atomic mass is 9.92. The van der Waals surface area contributed by atoms with Crippen LogP contribution in [0.4, 0.5) is 13.6 Å². The zero-order valence-electron chi connectivity index (χ0n) is 23.9. The quantitative estimate of drug-likeness (QED) is 0.180. The number of thiophene rings is 1. The Kier molecular flexibility index (Phi) is 9.86. The van der Waals surface area contributed by atoms with Crippen molar-refractivity contribution in [3.63, 3.8) is 0 Å². The maximum Gasteiger partial charge on any atom is 0.408 e. The number of ether oxygens (including phenoxy) is 2. The Morgan fingerprint density at radius 1 is 1.12 bits per heavy atom. The van der Waals surface area contributed by atoms with E-state index in [2.05, 4.69) is 20.4 Å². The van der Waals surface area contributed by atoms with E-state index in [1.165, 1.54) is 39.6 Å². The smallest absolute Gasteiger partial charge is 0.408 e. The van der Waals surface area contributed by atoms with Gasteiger partial charge in [0.05, 0.1) is 31.4 Å². The van der Waals surface area contributed by atoms with Crippen molar-refractivity contribution in [2.75, 3.05) is 13.2 Å².